The van der Waals surface area contributed by atoms with Gasteiger partial charge in [-0.3, -0.25) is 9.36 Å². The number of methoxy groups -OCH3 is 2. The number of ether oxygens (including phenoxy) is 3. The van der Waals surface area contributed by atoms with E-state index in [0.717, 1.165) is 37.4 Å². The highest BCUT2D eigenvalue weighted by atomic mass is 32.1. The number of piperidine rings is 1. The van der Waals surface area contributed by atoms with E-state index in [-0.39, 0.29) is 17.7 Å². The lowest BCUT2D eigenvalue weighted by atomic mass is 9.93. The predicted octanol–water partition coefficient (Wildman–Crippen LogP) is 4.78. The van der Waals surface area contributed by atoms with Gasteiger partial charge in [0.2, 0.25) is 0 Å². The molecule has 0 saturated carbocycles. The fourth-order valence-electron chi connectivity index (χ4n) is 5.73. The van der Waals surface area contributed by atoms with Crippen LogP contribution in [0.4, 0.5) is 5.88 Å². The van der Waals surface area contributed by atoms with Gasteiger partial charge in [0, 0.05) is 30.8 Å². The Morgan fingerprint density at radius 3 is 2.50 bits per heavy atom. The SMILES string of the molecule is CCOC(=O)C1=C(c2ccccc2)N=c2s/c(=C/c3ccc(N4CCC(C)CC4)o3)c(=O)n2[C@@H]1c1ccc(OC)c(OC)c1. The summed E-state index contributed by atoms with van der Waals surface area (Å²) in [5, 5.41) is 0. The van der Waals surface area contributed by atoms with E-state index in [1.54, 1.807) is 43.9 Å². The van der Waals surface area contributed by atoms with E-state index < -0.39 is 12.0 Å². The second-order valence-electron chi connectivity index (χ2n) is 10.9. The van der Waals surface area contributed by atoms with E-state index in [1.165, 1.54) is 11.3 Å². The minimum absolute atomic E-state index is 0.171. The van der Waals surface area contributed by atoms with E-state index in [4.69, 9.17) is 23.6 Å². The second-order valence-corrected chi connectivity index (χ2v) is 11.9. The molecule has 1 saturated heterocycles. The zero-order chi connectivity index (χ0) is 30.8. The van der Waals surface area contributed by atoms with Crippen LogP contribution in [0.5, 0.6) is 11.5 Å². The monoisotopic (exact) mass is 613 g/mol. The molecule has 1 atom stereocenters. The molecule has 2 aromatic heterocycles. The maximum absolute atomic E-state index is 14.2. The summed E-state index contributed by atoms with van der Waals surface area (Å²) in [5.74, 6) is 2.56. The number of rotatable bonds is 8. The first-order valence-corrected chi connectivity index (χ1v) is 15.6. The second kappa shape index (κ2) is 12.6. The van der Waals surface area contributed by atoms with E-state index in [2.05, 4.69) is 11.8 Å². The van der Waals surface area contributed by atoms with Crippen LogP contribution >= 0.6 is 11.3 Å². The van der Waals surface area contributed by atoms with Crippen molar-refractivity contribution in [3.63, 3.8) is 0 Å². The molecule has 0 bridgehead atoms. The fraction of sp³-hybridized carbons (Fsp3) is 0.324. The smallest absolute Gasteiger partial charge is 0.338 e. The Morgan fingerprint density at radius 2 is 1.80 bits per heavy atom. The highest BCUT2D eigenvalue weighted by molar-refractivity contribution is 7.07. The van der Waals surface area contributed by atoms with Crippen LogP contribution < -0.4 is 29.3 Å². The van der Waals surface area contributed by atoms with Crippen LogP contribution in [-0.4, -0.2) is 44.5 Å². The van der Waals surface area contributed by atoms with Crippen LogP contribution in [0.15, 0.2) is 80.4 Å². The molecule has 2 aromatic carbocycles. The molecule has 4 heterocycles. The van der Waals surface area contributed by atoms with Crippen molar-refractivity contribution >= 4 is 35.0 Å². The number of furan rings is 1. The molecule has 2 aliphatic heterocycles. The number of fused-ring (bicyclic) bond motifs is 1. The molecule has 44 heavy (non-hydrogen) atoms. The molecule has 228 valence electrons. The molecular weight excluding hydrogens is 578 g/mol. The summed E-state index contributed by atoms with van der Waals surface area (Å²) in [4.78, 5) is 35.5. The van der Waals surface area contributed by atoms with Crippen molar-refractivity contribution in [3.8, 4) is 11.5 Å². The summed E-state index contributed by atoms with van der Waals surface area (Å²) in [5.41, 5.74) is 1.83. The molecule has 4 aromatic rings. The highest BCUT2D eigenvalue weighted by Crippen LogP contribution is 2.38. The van der Waals surface area contributed by atoms with Gasteiger partial charge in [0.1, 0.15) is 5.76 Å². The lowest BCUT2D eigenvalue weighted by molar-refractivity contribution is -0.138. The Hall–Kier alpha value is -4.57. The number of esters is 1. The Labute approximate surface area is 259 Å². The number of anilines is 1. The number of benzene rings is 2. The van der Waals surface area contributed by atoms with E-state index >= 15 is 0 Å². The van der Waals surface area contributed by atoms with Gasteiger partial charge in [-0.15, -0.1) is 0 Å². The van der Waals surface area contributed by atoms with Crippen LogP contribution in [0.2, 0.25) is 0 Å². The maximum Gasteiger partial charge on any atom is 0.338 e. The van der Waals surface area contributed by atoms with E-state index in [9.17, 15) is 9.59 Å². The van der Waals surface area contributed by atoms with E-state index in [0.29, 0.717) is 43.8 Å². The molecule has 2 aliphatic rings. The molecule has 1 fully saturated rings. The van der Waals surface area contributed by atoms with Crippen molar-refractivity contribution in [1.82, 2.24) is 4.57 Å². The average molecular weight is 614 g/mol. The first kappa shape index (κ1) is 29.5. The highest BCUT2D eigenvalue weighted by Gasteiger charge is 2.35. The van der Waals surface area contributed by atoms with Gasteiger partial charge in [0.15, 0.2) is 22.2 Å². The third-order valence-electron chi connectivity index (χ3n) is 8.08. The predicted molar refractivity (Wildman–Crippen MR) is 170 cm³/mol. The van der Waals surface area contributed by atoms with Crippen molar-refractivity contribution < 1.29 is 23.4 Å². The third-order valence-corrected chi connectivity index (χ3v) is 9.06. The Kier molecular flexibility index (Phi) is 8.43. The summed E-state index contributed by atoms with van der Waals surface area (Å²) in [7, 11) is 3.11. The fourth-order valence-corrected chi connectivity index (χ4v) is 6.71. The topological polar surface area (TPSA) is 95.5 Å². The molecule has 0 unspecified atom stereocenters. The Balaban J connectivity index is 1.54. The quantitative estimate of drug-likeness (QED) is 0.264. The molecular formula is C34H35N3O6S. The third kappa shape index (κ3) is 5.57. The normalized spacial score (nSPS) is 17.3. The van der Waals surface area contributed by atoms with Crippen molar-refractivity contribution in [3.05, 3.63) is 103 Å². The molecule has 6 rings (SSSR count). The van der Waals surface area contributed by atoms with Crippen LogP contribution in [0.25, 0.3) is 11.8 Å². The van der Waals surface area contributed by atoms with Gasteiger partial charge in [-0.25, -0.2) is 9.79 Å². The number of thiazole rings is 1. The Morgan fingerprint density at radius 1 is 1.05 bits per heavy atom. The largest absolute Gasteiger partial charge is 0.493 e. The number of hydrogen-bond donors (Lipinski definition) is 0. The van der Waals surface area contributed by atoms with Gasteiger partial charge in [-0.1, -0.05) is 54.7 Å². The number of carbonyl (C=O) groups excluding carboxylic acids is 1. The summed E-state index contributed by atoms with van der Waals surface area (Å²) in [6.45, 7) is 6.09. The standard InChI is InChI=1S/C34H35N3O6S/c1-5-42-33(39)29-30(22-9-7-6-8-10-22)35-34-37(31(29)23-11-13-25(40-3)26(19-23)41-4)32(38)27(44-34)20-24-12-14-28(43-24)36-17-15-21(2)16-18-36/h6-14,19-21,31H,5,15-18H2,1-4H3/b27-20+/t31-/m1/s1. The number of nitrogens with zero attached hydrogens (tertiary/aromatic N) is 3. The molecule has 0 N–H and O–H groups in total. The summed E-state index contributed by atoms with van der Waals surface area (Å²) in [6, 6.07) is 17.9. The van der Waals surface area contributed by atoms with Gasteiger partial charge in [-0.2, -0.15) is 0 Å². The van der Waals surface area contributed by atoms with Crippen molar-refractivity contribution in [1.29, 1.82) is 0 Å². The van der Waals surface area contributed by atoms with Gasteiger partial charge >= 0.3 is 5.97 Å². The van der Waals surface area contributed by atoms with Gasteiger partial charge in [0.25, 0.3) is 5.56 Å². The van der Waals surface area contributed by atoms with Crippen LogP contribution in [-0.2, 0) is 9.53 Å². The molecule has 9 nitrogen and oxygen atoms in total. The lowest BCUT2D eigenvalue weighted by Crippen LogP contribution is -2.40. The summed E-state index contributed by atoms with van der Waals surface area (Å²) < 4.78 is 24.8. The summed E-state index contributed by atoms with van der Waals surface area (Å²) in [6.07, 6.45) is 4.00. The van der Waals surface area contributed by atoms with E-state index in [1.807, 2.05) is 48.5 Å². The van der Waals surface area contributed by atoms with Crippen molar-refractivity contribution in [2.24, 2.45) is 10.9 Å². The summed E-state index contributed by atoms with van der Waals surface area (Å²) >= 11 is 1.26. The number of hydrogen-bond acceptors (Lipinski definition) is 9. The Bertz CT molecular complexity index is 1880. The van der Waals surface area contributed by atoms with Gasteiger partial charge in [0.05, 0.1) is 42.7 Å². The van der Waals surface area contributed by atoms with Gasteiger partial charge in [-0.05, 0) is 49.4 Å². The van der Waals surface area contributed by atoms with Crippen molar-refractivity contribution in [2.75, 3.05) is 38.8 Å². The van der Waals surface area contributed by atoms with Crippen LogP contribution in [0.1, 0.15) is 49.6 Å². The maximum atomic E-state index is 14.2. The first-order valence-electron chi connectivity index (χ1n) is 14.8. The average Bonchev–Trinajstić information content (AvgIpc) is 3.64. The lowest BCUT2D eigenvalue weighted by Gasteiger charge is -2.29. The molecule has 0 aliphatic carbocycles. The molecule has 10 heteroatoms. The minimum Gasteiger partial charge on any atom is -0.493 e. The van der Waals surface area contributed by atoms with Crippen LogP contribution in [0, 0.1) is 5.92 Å². The zero-order valence-electron chi connectivity index (χ0n) is 25.2. The molecule has 0 amide bonds. The molecule has 0 spiro atoms. The first-order chi connectivity index (χ1) is 21.4. The van der Waals surface area contributed by atoms with Gasteiger partial charge < -0.3 is 23.5 Å². The van der Waals surface area contributed by atoms with Crippen LogP contribution in [0.3, 0.4) is 0 Å². The zero-order valence-corrected chi connectivity index (χ0v) is 26.1. The number of carbonyl (C=O) groups is 1. The molecule has 0 radical (unpaired) electrons. The van der Waals surface area contributed by atoms with Crippen molar-refractivity contribution in [2.45, 2.75) is 32.7 Å². The minimum atomic E-state index is -0.829. The number of aromatic nitrogens is 1.